The minimum atomic E-state index is -0.509. The molecule has 0 bridgehead atoms. The minimum Gasteiger partial charge on any atom is -0.324 e. The number of likely N-dealkylation sites (N-methyl/N-ethyl adjacent to an activating group) is 1. The summed E-state index contributed by atoms with van der Waals surface area (Å²) < 4.78 is 14.7. The first-order valence-corrected chi connectivity index (χ1v) is 5.93. The quantitative estimate of drug-likeness (QED) is 0.927. The molecular formula is C12H18BrFN2. The summed E-state index contributed by atoms with van der Waals surface area (Å²) in [6, 6.07) is 4.77. The molecule has 0 saturated carbocycles. The maximum Gasteiger partial charge on any atom is 0.128 e. The van der Waals surface area contributed by atoms with Crippen LogP contribution in [0, 0.1) is 5.82 Å². The highest BCUT2D eigenvalue weighted by molar-refractivity contribution is 9.10. The van der Waals surface area contributed by atoms with Gasteiger partial charge in [-0.3, -0.25) is 0 Å². The number of hydrogen-bond acceptors (Lipinski definition) is 2. The van der Waals surface area contributed by atoms with E-state index in [1.807, 2.05) is 32.8 Å². The second-order valence-corrected chi connectivity index (χ2v) is 5.77. The van der Waals surface area contributed by atoms with Crippen LogP contribution in [0.2, 0.25) is 0 Å². The summed E-state index contributed by atoms with van der Waals surface area (Å²) in [6.07, 6.45) is 0. The fourth-order valence-corrected chi connectivity index (χ4v) is 2.45. The van der Waals surface area contributed by atoms with E-state index in [1.165, 1.54) is 6.07 Å². The number of nitrogens with zero attached hydrogens (tertiary/aromatic N) is 1. The van der Waals surface area contributed by atoms with Gasteiger partial charge in [0.05, 0.1) is 6.04 Å². The molecule has 0 saturated heterocycles. The number of halogens is 2. The molecule has 0 aliphatic carbocycles. The smallest absolute Gasteiger partial charge is 0.128 e. The lowest BCUT2D eigenvalue weighted by Crippen LogP contribution is -2.46. The van der Waals surface area contributed by atoms with Crippen molar-refractivity contribution in [1.82, 2.24) is 4.90 Å². The van der Waals surface area contributed by atoms with Crippen molar-refractivity contribution in [3.05, 3.63) is 34.1 Å². The van der Waals surface area contributed by atoms with Crippen molar-refractivity contribution in [1.29, 1.82) is 0 Å². The maximum atomic E-state index is 13.8. The molecule has 2 N–H and O–H groups in total. The Morgan fingerprint density at radius 2 is 1.94 bits per heavy atom. The fourth-order valence-electron chi connectivity index (χ4n) is 2.07. The monoisotopic (exact) mass is 288 g/mol. The molecule has 0 aliphatic heterocycles. The molecule has 4 heteroatoms. The second-order valence-electron chi connectivity index (χ2n) is 4.85. The van der Waals surface area contributed by atoms with E-state index in [2.05, 4.69) is 15.9 Å². The van der Waals surface area contributed by atoms with Crippen LogP contribution in [0.4, 0.5) is 4.39 Å². The third kappa shape index (κ3) is 3.03. The largest absolute Gasteiger partial charge is 0.324 e. The summed E-state index contributed by atoms with van der Waals surface area (Å²) >= 11 is 3.35. The molecule has 16 heavy (non-hydrogen) atoms. The Kier molecular flexibility index (Phi) is 4.10. The zero-order chi connectivity index (χ0) is 12.5. The van der Waals surface area contributed by atoms with Crippen LogP contribution in [0.25, 0.3) is 0 Å². The van der Waals surface area contributed by atoms with Crippen molar-refractivity contribution in [2.24, 2.45) is 5.73 Å². The van der Waals surface area contributed by atoms with Gasteiger partial charge in [-0.05, 0) is 46.1 Å². The van der Waals surface area contributed by atoms with E-state index in [0.29, 0.717) is 5.56 Å². The number of benzene rings is 1. The van der Waals surface area contributed by atoms with Crippen molar-refractivity contribution >= 4 is 15.9 Å². The molecule has 90 valence electrons. The number of nitrogens with two attached hydrogens (primary N) is 1. The van der Waals surface area contributed by atoms with E-state index in [-0.39, 0.29) is 11.9 Å². The topological polar surface area (TPSA) is 29.3 Å². The van der Waals surface area contributed by atoms with Crippen LogP contribution in [0.5, 0.6) is 0 Å². The predicted molar refractivity (Wildman–Crippen MR) is 68.8 cm³/mol. The van der Waals surface area contributed by atoms with Crippen LogP contribution in [0.3, 0.4) is 0 Å². The van der Waals surface area contributed by atoms with Crippen LogP contribution in [-0.2, 0) is 0 Å². The Balaban J connectivity index is 3.26. The fraction of sp³-hybridized carbons (Fsp3) is 0.500. The predicted octanol–water partition coefficient (Wildman–Crippen LogP) is 2.93. The Morgan fingerprint density at radius 3 is 2.38 bits per heavy atom. The van der Waals surface area contributed by atoms with Crippen molar-refractivity contribution in [2.45, 2.75) is 25.4 Å². The second kappa shape index (κ2) is 4.82. The van der Waals surface area contributed by atoms with Gasteiger partial charge in [0.15, 0.2) is 0 Å². The Hall–Kier alpha value is -0.450. The average Bonchev–Trinajstić information content (AvgIpc) is 2.08. The summed E-state index contributed by atoms with van der Waals surface area (Å²) in [7, 11) is 3.80. The first-order chi connectivity index (χ1) is 7.23. The minimum absolute atomic E-state index is 0.162. The van der Waals surface area contributed by atoms with Crippen molar-refractivity contribution in [2.75, 3.05) is 14.1 Å². The zero-order valence-corrected chi connectivity index (χ0v) is 11.7. The molecule has 0 fully saturated rings. The maximum absolute atomic E-state index is 13.8. The van der Waals surface area contributed by atoms with Crippen LogP contribution < -0.4 is 5.73 Å². The van der Waals surface area contributed by atoms with Crippen molar-refractivity contribution in [3.63, 3.8) is 0 Å². The van der Waals surface area contributed by atoms with Gasteiger partial charge in [-0.25, -0.2) is 4.39 Å². The van der Waals surface area contributed by atoms with Gasteiger partial charge in [-0.2, -0.15) is 0 Å². The van der Waals surface area contributed by atoms with Crippen LogP contribution in [-0.4, -0.2) is 24.5 Å². The highest BCUT2D eigenvalue weighted by atomic mass is 79.9. The first-order valence-electron chi connectivity index (χ1n) is 5.13. The van der Waals surface area contributed by atoms with Crippen LogP contribution >= 0.6 is 15.9 Å². The lowest BCUT2D eigenvalue weighted by Gasteiger charge is -2.36. The summed E-state index contributed by atoms with van der Waals surface area (Å²) in [4.78, 5) is 1.94. The van der Waals surface area contributed by atoms with Crippen molar-refractivity contribution in [3.8, 4) is 0 Å². The van der Waals surface area contributed by atoms with Gasteiger partial charge >= 0.3 is 0 Å². The lowest BCUT2D eigenvalue weighted by atomic mass is 9.88. The summed E-state index contributed by atoms with van der Waals surface area (Å²) in [5, 5.41) is 0. The Bertz CT molecular complexity index is 372. The standard InChI is InChI=1S/C12H18BrFN2/c1-12(2,15)11(16(3)4)9-7-8(13)5-6-10(9)14/h5-7,11H,15H2,1-4H3. The molecule has 0 amide bonds. The van der Waals surface area contributed by atoms with E-state index in [0.717, 1.165) is 4.47 Å². The molecule has 1 rings (SSSR count). The van der Waals surface area contributed by atoms with Gasteiger partial charge in [0.1, 0.15) is 5.82 Å². The number of rotatable bonds is 3. The van der Waals surface area contributed by atoms with E-state index in [1.54, 1.807) is 12.1 Å². The van der Waals surface area contributed by atoms with Gasteiger partial charge in [-0.15, -0.1) is 0 Å². The molecule has 0 heterocycles. The molecule has 1 atom stereocenters. The van der Waals surface area contributed by atoms with Gasteiger partial charge in [0.25, 0.3) is 0 Å². The van der Waals surface area contributed by atoms with Crippen LogP contribution in [0.1, 0.15) is 25.5 Å². The van der Waals surface area contributed by atoms with E-state index in [4.69, 9.17) is 5.73 Å². The lowest BCUT2D eigenvalue weighted by molar-refractivity contribution is 0.199. The third-order valence-electron chi connectivity index (χ3n) is 2.47. The van der Waals surface area contributed by atoms with Gasteiger partial charge < -0.3 is 10.6 Å². The van der Waals surface area contributed by atoms with Crippen LogP contribution in [0.15, 0.2) is 22.7 Å². The molecule has 2 nitrogen and oxygen atoms in total. The molecule has 1 aromatic rings. The van der Waals surface area contributed by atoms with Gasteiger partial charge in [0.2, 0.25) is 0 Å². The molecule has 0 radical (unpaired) electrons. The summed E-state index contributed by atoms with van der Waals surface area (Å²) in [5.74, 6) is -0.222. The van der Waals surface area contributed by atoms with E-state index >= 15 is 0 Å². The van der Waals surface area contributed by atoms with E-state index in [9.17, 15) is 4.39 Å². The third-order valence-corrected chi connectivity index (χ3v) is 2.97. The zero-order valence-electron chi connectivity index (χ0n) is 10.1. The molecule has 0 aliphatic rings. The first kappa shape index (κ1) is 13.6. The van der Waals surface area contributed by atoms with Gasteiger partial charge in [0, 0.05) is 15.6 Å². The highest BCUT2D eigenvalue weighted by Crippen LogP contribution is 2.31. The highest BCUT2D eigenvalue weighted by Gasteiger charge is 2.30. The summed E-state index contributed by atoms with van der Waals surface area (Å²) in [5.41, 5.74) is 6.22. The molecule has 0 spiro atoms. The Labute approximate surface area is 105 Å². The molecule has 1 aromatic carbocycles. The Morgan fingerprint density at radius 1 is 1.38 bits per heavy atom. The van der Waals surface area contributed by atoms with Crippen molar-refractivity contribution < 1.29 is 4.39 Å². The number of hydrogen-bond donors (Lipinski definition) is 1. The molecule has 1 unspecified atom stereocenters. The van der Waals surface area contributed by atoms with Gasteiger partial charge in [-0.1, -0.05) is 15.9 Å². The normalized spacial score (nSPS) is 14.2. The van der Waals surface area contributed by atoms with E-state index < -0.39 is 5.54 Å². The summed E-state index contributed by atoms with van der Waals surface area (Å²) in [6.45, 7) is 3.80. The molecular weight excluding hydrogens is 271 g/mol. The molecule has 0 aromatic heterocycles. The average molecular weight is 289 g/mol. The SMILES string of the molecule is CN(C)C(c1cc(Br)ccc1F)C(C)(C)N.